The number of benzene rings is 1. The van der Waals surface area contributed by atoms with E-state index in [0.29, 0.717) is 45.2 Å². The van der Waals surface area contributed by atoms with Crippen molar-refractivity contribution in [2.75, 3.05) is 70.8 Å². The topological polar surface area (TPSA) is 161 Å². The second kappa shape index (κ2) is 24.6. The highest BCUT2D eigenvalue weighted by Crippen LogP contribution is 2.30. The Balaban J connectivity index is 1.88. The summed E-state index contributed by atoms with van der Waals surface area (Å²) in [7, 11) is 0. The molecule has 2 aromatic rings. The first kappa shape index (κ1) is 39.6. The Kier molecular flexibility index (Phi) is 21.1. The number of azo groups is 1. The predicted octanol–water partition coefficient (Wildman–Crippen LogP) is 6.53. The second-order valence-electron chi connectivity index (χ2n) is 11.1. The first-order valence-corrected chi connectivity index (χ1v) is 17.2. The molecule has 2 N–H and O–H groups in total. The molecule has 0 aliphatic heterocycles. The highest BCUT2D eigenvalue weighted by molar-refractivity contribution is 7.18. The van der Waals surface area contributed by atoms with Crippen LogP contribution in [0.25, 0.3) is 0 Å². The van der Waals surface area contributed by atoms with Crippen molar-refractivity contribution in [3.05, 3.63) is 40.1 Å². The molecule has 2 rings (SSSR count). The third kappa shape index (κ3) is 17.4. The molecule has 0 amide bonds. The zero-order chi connectivity index (χ0) is 33.4. The third-order valence-corrected chi connectivity index (χ3v) is 7.82. The van der Waals surface area contributed by atoms with Crippen LogP contribution in [0.3, 0.4) is 0 Å². The number of thiazole rings is 1. The van der Waals surface area contributed by atoms with E-state index in [9.17, 15) is 20.3 Å². The Labute approximate surface area is 277 Å². The number of nitro groups is 1. The Morgan fingerprint density at radius 3 is 1.87 bits per heavy atom. The van der Waals surface area contributed by atoms with E-state index in [1.165, 1.54) is 31.9 Å². The molecule has 2 unspecified atom stereocenters. The first-order chi connectivity index (χ1) is 22.3. The average molecular weight is 668 g/mol. The number of aliphatic hydroxyl groups excluding tert-OH is 2. The molecule has 0 fully saturated rings. The van der Waals surface area contributed by atoms with E-state index in [1.54, 1.807) is 0 Å². The summed E-state index contributed by atoms with van der Waals surface area (Å²) in [4.78, 5) is 16.4. The molecule has 14 heteroatoms. The molecule has 260 valence electrons. The van der Waals surface area contributed by atoms with Crippen LogP contribution in [0.2, 0.25) is 0 Å². The van der Waals surface area contributed by atoms with Gasteiger partial charge in [0.2, 0.25) is 5.13 Å². The molecule has 2 atom stereocenters. The van der Waals surface area contributed by atoms with Gasteiger partial charge in [0, 0.05) is 32.0 Å². The van der Waals surface area contributed by atoms with Crippen LogP contribution in [0.5, 0.6) is 0 Å². The number of rotatable bonds is 28. The van der Waals surface area contributed by atoms with Crippen LogP contribution in [-0.2, 0) is 18.9 Å². The number of aromatic nitrogens is 1. The molecule has 0 spiro atoms. The Bertz CT molecular complexity index is 1090. The lowest BCUT2D eigenvalue weighted by atomic mass is 10.1. The fourth-order valence-electron chi connectivity index (χ4n) is 4.39. The van der Waals surface area contributed by atoms with Gasteiger partial charge in [0.1, 0.15) is 18.4 Å². The van der Waals surface area contributed by atoms with Crippen LogP contribution in [0.4, 0.5) is 21.5 Å². The van der Waals surface area contributed by atoms with Crippen LogP contribution < -0.4 is 4.90 Å². The van der Waals surface area contributed by atoms with Crippen molar-refractivity contribution in [2.45, 2.75) is 84.3 Å². The Hall–Kier alpha value is -2.59. The van der Waals surface area contributed by atoms with E-state index < -0.39 is 17.1 Å². The van der Waals surface area contributed by atoms with E-state index in [0.717, 1.165) is 48.3 Å². The van der Waals surface area contributed by atoms with E-state index in [2.05, 4.69) is 34.0 Å². The normalized spacial score (nSPS) is 13.0. The standard InChI is InChI=1S/C32H53N5O8S/c1-4-6-8-10-16-42-22-28(38)24-44-18-14-36(15-19-45-25-29(39)23-43-17-11-9-7-5-2)27-12-13-30(26(3)20-27)34-35-32-33-21-31(46-32)37(40)41/h12-13,20-21,28-29,38-39H,4-11,14-19,22-25H2,1-3H3. The summed E-state index contributed by atoms with van der Waals surface area (Å²) < 4.78 is 22.7. The van der Waals surface area contributed by atoms with Crippen molar-refractivity contribution in [1.29, 1.82) is 0 Å². The van der Waals surface area contributed by atoms with Gasteiger partial charge < -0.3 is 34.1 Å². The van der Waals surface area contributed by atoms with Crippen molar-refractivity contribution in [1.82, 2.24) is 4.98 Å². The fourth-order valence-corrected chi connectivity index (χ4v) is 4.94. The average Bonchev–Trinajstić information content (AvgIpc) is 3.52. The van der Waals surface area contributed by atoms with Gasteiger partial charge in [0.15, 0.2) is 0 Å². The highest BCUT2D eigenvalue weighted by Gasteiger charge is 2.13. The number of hydrogen-bond donors (Lipinski definition) is 2. The monoisotopic (exact) mass is 667 g/mol. The summed E-state index contributed by atoms with van der Waals surface area (Å²) in [6.45, 7) is 10.2. The van der Waals surface area contributed by atoms with Gasteiger partial charge >= 0.3 is 5.00 Å². The third-order valence-electron chi connectivity index (χ3n) is 6.99. The van der Waals surface area contributed by atoms with Gasteiger partial charge in [-0.1, -0.05) is 52.4 Å². The Morgan fingerprint density at radius 1 is 0.848 bits per heavy atom. The zero-order valence-corrected chi connectivity index (χ0v) is 28.5. The number of unbranched alkanes of at least 4 members (excludes halogenated alkanes) is 6. The van der Waals surface area contributed by atoms with Crippen LogP contribution in [0.15, 0.2) is 34.6 Å². The second-order valence-corrected chi connectivity index (χ2v) is 12.1. The maximum absolute atomic E-state index is 10.9. The quantitative estimate of drug-likeness (QED) is 0.0442. The molecule has 0 saturated heterocycles. The van der Waals surface area contributed by atoms with Gasteiger partial charge in [-0.3, -0.25) is 10.1 Å². The molecule has 1 heterocycles. The molecule has 0 aliphatic rings. The van der Waals surface area contributed by atoms with E-state index in [4.69, 9.17) is 18.9 Å². The van der Waals surface area contributed by atoms with E-state index in [1.807, 2.05) is 25.1 Å². The molecular formula is C32H53N5O8S. The van der Waals surface area contributed by atoms with Crippen LogP contribution in [-0.4, -0.2) is 98.3 Å². The maximum Gasteiger partial charge on any atom is 0.345 e. The number of hydrogen-bond acceptors (Lipinski definition) is 13. The summed E-state index contributed by atoms with van der Waals surface area (Å²) in [6.07, 6.45) is 8.77. The fraction of sp³-hybridized carbons (Fsp3) is 0.719. The van der Waals surface area contributed by atoms with E-state index >= 15 is 0 Å². The van der Waals surface area contributed by atoms with Gasteiger partial charge in [-0.2, -0.15) is 0 Å². The number of nitrogens with zero attached hydrogens (tertiary/aromatic N) is 5. The smallest absolute Gasteiger partial charge is 0.345 e. The summed E-state index contributed by atoms with van der Waals surface area (Å²) in [5.74, 6) is 0. The maximum atomic E-state index is 10.9. The van der Waals surface area contributed by atoms with Crippen molar-refractivity contribution < 1.29 is 34.1 Å². The van der Waals surface area contributed by atoms with Crippen LogP contribution >= 0.6 is 11.3 Å². The largest absolute Gasteiger partial charge is 0.388 e. The van der Waals surface area contributed by atoms with Crippen LogP contribution in [0.1, 0.15) is 70.8 Å². The number of ether oxygens (including phenoxy) is 4. The minimum absolute atomic E-state index is 0.0917. The summed E-state index contributed by atoms with van der Waals surface area (Å²) in [5.41, 5.74) is 2.39. The van der Waals surface area contributed by atoms with Gasteiger partial charge in [0.05, 0.1) is 50.3 Å². The summed E-state index contributed by atoms with van der Waals surface area (Å²) >= 11 is 0.858. The molecule has 13 nitrogen and oxygen atoms in total. The molecule has 0 saturated carbocycles. The summed E-state index contributed by atoms with van der Waals surface area (Å²) in [5, 5.41) is 39.8. The predicted molar refractivity (Wildman–Crippen MR) is 180 cm³/mol. The van der Waals surface area contributed by atoms with Crippen molar-refractivity contribution >= 4 is 32.8 Å². The SMILES string of the molecule is CCCCCCOCC(O)COCCN(CCOCC(O)COCCCCCC)c1ccc(N=Nc2ncc([N+](=O)[O-])s2)c(C)c1. The molecule has 0 radical (unpaired) electrons. The minimum Gasteiger partial charge on any atom is -0.388 e. The highest BCUT2D eigenvalue weighted by atomic mass is 32.1. The van der Waals surface area contributed by atoms with Crippen molar-refractivity contribution in [3.8, 4) is 0 Å². The number of aryl methyl sites for hydroxylation is 1. The zero-order valence-electron chi connectivity index (χ0n) is 27.7. The van der Waals surface area contributed by atoms with Gasteiger partial charge in [-0.25, -0.2) is 4.98 Å². The summed E-state index contributed by atoms with van der Waals surface area (Å²) in [6, 6.07) is 5.71. The molecule has 0 bridgehead atoms. The van der Waals surface area contributed by atoms with Crippen molar-refractivity contribution in [3.63, 3.8) is 0 Å². The van der Waals surface area contributed by atoms with Gasteiger partial charge in [0.25, 0.3) is 0 Å². The minimum atomic E-state index is -0.690. The first-order valence-electron chi connectivity index (χ1n) is 16.4. The van der Waals surface area contributed by atoms with E-state index in [-0.39, 0.29) is 36.6 Å². The molecule has 1 aromatic carbocycles. The van der Waals surface area contributed by atoms with Crippen molar-refractivity contribution in [2.24, 2.45) is 10.2 Å². The lowest BCUT2D eigenvalue weighted by Gasteiger charge is -2.26. The molecule has 1 aromatic heterocycles. The lowest BCUT2D eigenvalue weighted by Crippen LogP contribution is -2.33. The van der Waals surface area contributed by atoms with Gasteiger partial charge in [-0.15, -0.1) is 10.2 Å². The molecular weight excluding hydrogens is 614 g/mol. The molecule has 0 aliphatic carbocycles. The number of aliphatic hydroxyl groups is 2. The van der Waals surface area contributed by atoms with Gasteiger partial charge in [-0.05, 0) is 54.9 Å². The lowest BCUT2D eigenvalue weighted by molar-refractivity contribution is -0.380. The Morgan fingerprint density at radius 2 is 1.39 bits per heavy atom. The number of anilines is 1. The van der Waals surface area contributed by atoms with Crippen LogP contribution in [0, 0.1) is 17.0 Å². The molecule has 46 heavy (non-hydrogen) atoms.